The standard InChI is InChI=1S/C17H22N4O2/c1-3-15(22)21-11-9-20(10-12-21)13(2)17-18-16(19-23-17)14-7-5-4-6-8-14/h4-8,13H,3,9-12H2,1-2H3. The van der Waals surface area contributed by atoms with Gasteiger partial charge in [-0.1, -0.05) is 42.4 Å². The fourth-order valence-corrected chi connectivity index (χ4v) is 2.85. The zero-order chi connectivity index (χ0) is 16.2. The summed E-state index contributed by atoms with van der Waals surface area (Å²) < 4.78 is 5.45. The Hall–Kier alpha value is -2.21. The van der Waals surface area contributed by atoms with Gasteiger partial charge in [-0.25, -0.2) is 0 Å². The molecule has 23 heavy (non-hydrogen) atoms. The van der Waals surface area contributed by atoms with Crippen molar-refractivity contribution in [3.05, 3.63) is 36.2 Å². The van der Waals surface area contributed by atoms with Crippen LogP contribution in [0.5, 0.6) is 0 Å². The van der Waals surface area contributed by atoms with Crippen molar-refractivity contribution in [2.45, 2.75) is 26.3 Å². The number of aromatic nitrogens is 2. The van der Waals surface area contributed by atoms with E-state index < -0.39 is 0 Å². The summed E-state index contributed by atoms with van der Waals surface area (Å²) in [7, 11) is 0. The van der Waals surface area contributed by atoms with Crippen molar-refractivity contribution in [2.24, 2.45) is 0 Å². The van der Waals surface area contributed by atoms with E-state index in [1.54, 1.807) is 0 Å². The van der Waals surface area contributed by atoms with Crippen LogP contribution >= 0.6 is 0 Å². The molecule has 1 atom stereocenters. The molecule has 1 aromatic heterocycles. The highest BCUT2D eigenvalue weighted by Crippen LogP contribution is 2.23. The molecule has 0 N–H and O–H groups in total. The number of carbonyl (C=O) groups is 1. The summed E-state index contributed by atoms with van der Waals surface area (Å²) in [6.07, 6.45) is 0.569. The molecule has 2 aromatic rings. The maximum atomic E-state index is 11.7. The summed E-state index contributed by atoms with van der Waals surface area (Å²) >= 11 is 0. The Bertz CT molecular complexity index is 648. The van der Waals surface area contributed by atoms with Gasteiger partial charge in [0, 0.05) is 38.2 Å². The normalized spacial score (nSPS) is 17.2. The minimum Gasteiger partial charge on any atom is -0.340 e. The smallest absolute Gasteiger partial charge is 0.244 e. The lowest BCUT2D eigenvalue weighted by Gasteiger charge is -2.36. The quantitative estimate of drug-likeness (QED) is 0.867. The van der Waals surface area contributed by atoms with Gasteiger partial charge in [-0.2, -0.15) is 4.98 Å². The number of rotatable bonds is 4. The van der Waals surface area contributed by atoms with Crippen LogP contribution in [0.15, 0.2) is 34.9 Å². The van der Waals surface area contributed by atoms with Crippen LogP contribution in [0.1, 0.15) is 32.2 Å². The molecule has 1 aliphatic heterocycles. The van der Waals surface area contributed by atoms with Crippen molar-refractivity contribution in [3.8, 4) is 11.4 Å². The maximum Gasteiger partial charge on any atom is 0.244 e. The van der Waals surface area contributed by atoms with Crippen molar-refractivity contribution < 1.29 is 9.32 Å². The van der Waals surface area contributed by atoms with Crippen LogP contribution < -0.4 is 0 Å². The van der Waals surface area contributed by atoms with Gasteiger partial charge < -0.3 is 9.42 Å². The molecule has 0 spiro atoms. The van der Waals surface area contributed by atoms with Crippen molar-refractivity contribution in [1.29, 1.82) is 0 Å². The van der Waals surface area contributed by atoms with Crippen LogP contribution in [0.25, 0.3) is 11.4 Å². The van der Waals surface area contributed by atoms with Crippen LogP contribution in [0.2, 0.25) is 0 Å². The van der Waals surface area contributed by atoms with Crippen molar-refractivity contribution in [2.75, 3.05) is 26.2 Å². The zero-order valence-electron chi connectivity index (χ0n) is 13.6. The molecule has 1 unspecified atom stereocenters. The first-order valence-electron chi connectivity index (χ1n) is 8.10. The minimum atomic E-state index is 0.0545. The molecule has 1 amide bonds. The largest absolute Gasteiger partial charge is 0.340 e. The lowest BCUT2D eigenvalue weighted by molar-refractivity contribution is -0.132. The third-order valence-corrected chi connectivity index (χ3v) is 4.35. The number of carbonyl (C=O) groups excluding carboxylic acids is 1. The molecule has 1 fully saturated rings. The highest BCUT2D eigenvalue weighted by atomic mass is 16.5. The molecular formula is C17H22N4O2. The van der Waals surface area contributed by atoms with Gasteiger partial charge in [0.1, 0.15) is 0 Å². The molecule has 0 aliphatic carbocycles. The Morgan fingerprint density at radius 2 is 1.91 bits per heavy atom. The molecule has 6 nitrogen and oxygen atoms in total. The van der Waals surface area contributed by atoms with E-state index in [4.69, 9.17) is 4.52 Å². The van der Waals surface area contributed by atoms with E-state index >= 15 is 0 Å². The lowest BCUT2D eigenvalue weighted by Crippen LogP contribution is -2.49. The van der Waals surface area contributed by atoms with Crippen molar-refractivity contribution >= 4 is 5.91 Å². The first-order chi connectivity index (χ1) is 11.2. The Kier molecular flexibility index (Phi) is 4.71. The molecule has 6 heteroatoms. The molecule has 0 radical (unpaired) electrons. The van der Waals surface area contributed by atoms with Gasteiger partial charge in [-0.15, -0.1) is 0 Å². The number of piperazine rings is 1. The second-order valence-corrected chi connectivity index (χ2v) is 5.77. The van der Waals surface area contributed by atoms with Crippen LogP contribution in [0, 0.1) is 0 Å². The Balaban J connectivity index is 1.64. The molecular weight excluding hydrogens is 292 g/mol. The number of benzene rings is 1. The van der Waals surface area contributed by atoms with Crippen molar-refractivity contribution in [1.82, 2.24) is 19.9 Å². The summed E-state index contributed by atoms with van der Waals surface area (Å²) in [6.45, 7) is 7.15. The molecule has 1 aromatic carbocycles. The van der Waals surface area contributed by atoms with Crippen LogP contribution in [0.3, 0.4) is 0 Å². The van der Waals surface area contributed by atoms with Crippen LogP contribution in [0.4, 0.5) is 0 Å². The fourth-order valence-electron chi connectivity index (χ4n) is 2.85. The van der Waals surface area contributed by atoms with E-state index in [1.165, 1.54) is 0 Å². The summed E-state index contributed by atoms with van der Waals surface area (Å²) in [6, 6.07) is 9.86. The molecule has 1 aliphatic rings. The van der Waals surface area contributed by atoms with E-state index in [0.29, 0.717) is 18.1 Å². The monoisotopic (exact) mass is 314 g/mol. The van der Waals surface area contributed by atoms with Crippen molar-refractivity contribution in [3.63, 3.8) is 0 Å². The molecule has 3 rings (SSSR count). The fraction of sp³-hybridized carbons (Fsp3) is 0.471. The predicted molar refractivity (Wildman–Crippen MR) is 86.6 cm³/mol. The van der Waals surface area contributed by atoms with Gasteiger partial charge in [0.25, 0.3) is 0 Å². The highest BCUT2D eigenvalue weighted by Gasteiger charge is 2.27. The van der Waals surface area contributed by atoms with Gasteiger partial charge >= 0.3 is 0 Å². The average Bonchev–Trinajstić information content (AvgIpc) is 3.11. The summed E-state index contributed by atoms with van der Waals surface area (Å²) in [5, 5.41) is 4.08. The lowest BCUT2D eigenvalue weighted by atomic mass is 10.2. The highest BCUT2D eigenvalue weighted by molar-refractivity contribution is 5.75. The van der Waals surface area contributed by atoms with Gasteiger partial charge in [-0.05, 0) is 6.92 Å². The Morgan fingerprint density at radius 3 is 2.57 bits per heavy atom. The third kappa shape index (κ3) is 3.42. The average molecular weight is 314 g/mol. The molecule has 1 saturated heterocycles. The van der Waals surface area contributed by atoms with E-state index in [0.717, 1.165) is 31.7 Å². The first-order valence-corrected chi connectivity index (χ1v) is 8.10. The van der Waals surface area contributed by atoms with E-state index in [-0.39, 0.29) is 11.9 Å². The Labute approximate surface area is 136 Å². The number of nitrogens with zero attached hydrogens (tertiary/aromatic N) is 4. The third-order valence-electron chi connectivity index (χ3n) is 4.35. The minimum absolute atomic E-state index is 0.0545. The van der Waals surface area contributed by atoms with Gasteiger partial charge in [0.15, 0.2) is 0 Å². The predicted octanol–water partition coefficient (Wildman–Crippen LogP) is 2.35. The number of hydrogen-bond acceptors (Lipinski definition) is 5. The van der Waals surface area contributed by atoms with E-state index in [2.05, 4.69) is 22.0 Å². The zero-order valence-corrected chi connectivity index (χ0v) is 13.6. The first kappa shape index (κ1) is 15.7. The second-order valence-electron chi connectivity index (χ2n) is 5.77. The Morgan fingerprint density at radius 1 is 1.22 bits per heavy atom. The van der Waals surface area contributed by atoms with E-state index in [1.807, 2.05) is 42.2 Å². The topological polar surface area (TPSA) is 62.5 Å². The van der Waals surface area contributed by atoms with Gasteiger partial charge in [0.2, 0.25) is 17.6 Å². The molecule has 2 heterocycles. The van der Waals surface area contributed by atoms with E-state index in [9.17, 15) is 4.79 Å². The van der Waals surface area contributed by atoms with Gasteiger partial charge in [-0.3, -0.25) is 9.69 Å². The number of hydrogen-bond donors (Lipinski definition) is 0. The molecule has 122 valence electrons. The van der Waals surface area contributed by atoms with Gasteiger partial charge in [0.05, 0.1) is 6.04 Å². The molecule has 0 saturated carbocycles. The summed E-state index contributed by atoms with van der Waals surface area (Å²) in [4.78, 5) is 20.5. The van der Waals surface area contributed by atoms with Crippen LogP contribution in [-0.2, 0) is 4.79 Å². The SMILES string of the molecule is CCC(=O)N1CCN(C(C)c2nc(-c3ccccc3)no2)CC1. The number of amides is 1. The maximum absolute atomic E-state index is 11.7. The second kappa shape index (κ2) is 6.91. The molecule has 0 bridgehead atoms. The summed E-state index contributed by atoms with van der Waals surface area (Å²) in [5.41, 5.74) is 0.952. The summed E-state index contributed by atoms with van der Waals surface area (Å²) in [5.74, 6) is 1.47. The van der Waals surface area contributed by atoms with Crippen LogP contribution in [-0.4, -0.2) is 52.0 Å².